The van der Waals surface area contributed by atoms with Crippen LogP contribution < -0.4 is 5.32 Å². The third-order valence-corrected chi connectivity index (χ3v) is 3.19. The van der Waals surface area contributed by atoms with Crippen LogP contribution in [0.5, 0.6) is 0 Å². The minimum absolute atomic E-state index is 0.0587. The van der Waals surface area contributed by atoms with Crippen molar-refractivity contribution >= 4 is 17.6 Å². The lowest BCUT2D eigenvalue weighted by molar-refractivity contribution is -0.119. The summed E-state index contributed by atoms with van der Waals surface area (Å²) in [4.78, 5) is 23.5. The number of benzene rings is 2. The van der Waals surface area contributed by atoms with Crippen LogP contribution in [0.3, 0.4) is 0 Å². The fourth-order valence-electron chi connectivity index (χ4n) is 1.89. The summed E-state index contributed by atoms with van der Waals surface area (Å²) >= 11 is 0. The standard InChI is InChI=1S/C17H12F2N2O3/c1-10-13(18)3-2-4-15(10)21-16(22)9-24-17(23)12-6-5-11(8-20)7-14(12)19/h2-7H,9H2,1H3,(H,21,22). The smallest absolute Gasteiger partial charge is 0.341 e. The highest BCUT2D eigenvalue weighted by Crippen LogP contribution is 2.17. The van der Waals surface area contributed by atoms with Crippen molar-refractivity contribution in [3.05, 3.63) is 64.7 Å². The van der Waals surface area contributed by atoms with Crippen molar-refractivity contribution in [2.45, 2.75) is 6.92 Å². The lowest BCUT2D eigenvalue weighted by atomic mass is 10.1. The van der Waals surface area contributed by atoms with Crippen molar-refractivity contribution in [2.24, 2.45) is 0 Å². The molecule has 7 heteroatoms. The largest absolute Gasteiger partial charge is 0.452 e. The quantitative estimate of drug-likeness (QED) is 0.874. The SMILES string of the molecule is Cc1c(F)cccc1NC(=O)COC(=O)c1ccc(C#N)cc1F. The molecule has 0 aliphatic carbocycles. The molecule has 0 heterocycles. The van der Waals surface area contributed by atoms with E-state index in [-0.39, 0.29) is 22.4 Å². The molecule has 0 aliphatic rings. The molecule has 122 valence electrons. The maximum Gasteiger partial charge on any atom is 0.341 e. The first kappa shape index (κ1) is 17.1. The average Bonchev–Trinajstić information content (AvgIpc) is 2.56. The normalized spacial score (nSPS) is 9.92. The van der Waals surface area contributed by atoms with E-state index in [2.05, 4.69) is 5.32 Å². The number of nitriles is 1. The number of hydrogen-bond donors (Lipinski definition) is 1. The van der Waals surface area contributed by atoms with Crippen LogP contribution in [-0.2, 0) is 9.53 Å². The van der Waals surface area contributed by atoms with Gasteiger partial charge in [0.2, 0.25) is 0 Å². The molecule has 1 amide bonds. The topological polar surface area (TPSA) is 79.2 Å². The van der Waals surface area contributed by atoms with Gasteiger partial charge in [-0.1, -0.05) is 6.07 Å². The Bertz CT molecular complexity index is 844. The molecule has 1 N–H and O–H groups in total. The fourth-order valence-corrected chi connectivity index (χ4v) is 1.89. The number of carbonyl (C=O) groups is 2. The Morgan fingerprint density at radius 1 is 1.21 bits per heavy atom. The molecule has 2 aromatic rings. The molecule has 0 aromatic heterocycles. The van der Waals surface area contributed by atoms with Gasteiger partial charge < -0.3 is 10.1 Å². The molecule has 0 saturated heterocycles. The molecule has 0 bridgehead atoms. The van der Waals surface area contributed by atoms with E-state index in [9.17, 15) is 18.4 Å². The molecule has 0 radical (unpaired) electrons. The monoisotopic (exact) mass is 330 g/mol. The summed E-state index contributed by atoms with van der Waals surface area (Å²) in [6.45, 7) is 0.831. The van der Waals surface area contributed by atoms with Crippen LogP contribution in [-0.4, -0.2) is 18.5 Å². The summed E-state index contributed by atoms with van der Waals surface area (Å²) in [6, 6.07) is 9.17. The molecule has 0 aliphatic heterocycles. The number of carbonyl (C=O) groups excluding carboxylic acids is 2. The highest BCUT2D eigenvalue weighted by molar-refractivity contribution is 5.96. The van der Waals surface area contributed by atoms with Gasteiger partial charge in [0.1, 0.15) is 11.6 Å². The lowest BCUT2D eigenvalue weighted by Crippen LogP contribution is -2.22. The van der Waals surface area contributed by atoms with E-state index in [1.54, 1.807) is 6.07 Å². The van der Waals surface area contributed by atoms with Crippen LogP contribution >= 0.6 is 0 Å². The van der Waals surface area contributed by atoms with Crippen molar-refractivity contribution in [3.8, 4) is 6.07 Å². The predicted molar refractivity (Wildman–Crippen MR) is 81.2 cm³/mol. The molecule has 0 atom stereocenters. The zero-order chi connectivity index (χ0) is 17.7. The summed E-state index contributed by atoms with van der Waals surface area (Å²) in [5.41, 5.74) is 0.169. The Balaban J connectivity index is 1.98. The Kier molecular flexibility index (Phi) is 5.22. The van der Waals surface area contributed by atoms with Gasteiger partial charge in [0, 0.05) is 11.3 Å². The van der Waals surface area contributed by atoms with Gasteiger partial charge in [-0.05, 0) is 37.3 Å². The van der Waals surface area contributed by atoms with Crippen LogP contribution in [0, 0.1) is 29.9 Å². The molecule has 2 rings (SSSR count). The Morgan fingerprint density at radius 2 is 1.96 bits per heavy atom. The molecule has 0 saturated carbocycles. The van der Waals surface area contributed by atoms with Crippen LogP contribution in [0.4, 0.5) is 14.5 Å². The van der Waals surface area contributed by atoms with E-state index < -0.39 is 30.1 Å². The number of amides is 1. The first-order valence-electron chi connectivity index (χ1n) is 6.84. The zero-order valence-electron chi connectivity index (χ0n) is 12.6. The number of anilines is 1. The number of rotatable bonds is 4. The van der Waals surface area contributed by atoms with E-state index in [4.69, 9.17) is 10.00 Å². The van der Waals surface area contributed by atoms with Crippen molar-refractivity contribution in [2.75, 3.05) is 11.9 Å². The predicted octanol–water partition coefficient (Wildman–Crippen LogP) is 2.94. The summed E-state index contributed by atoms with van der Waals surface area (Å²) < 4.78 is 31.8. The van der Waals surface area contributed by atoms with E-state index in [1.807, 2.05) is 0 Å². The van der Waals surface area contributed by atoms with E-state index in [0.29, 0.717) is 0 Å². The van der Waals surface area contributed by atoms with Crippen molar-refractivity contribution in [1.82, 2.24) is 0 Å². The number of hydrogen-bond acceptors (Lipinski definition) is 4. The second-order valence-electron chi connectivity index (χ2n) is 4.84. The summed E-state index contributed by atoms with van der Waals surface area (Å²) in [6.07, 6.45) is 0. The number of esters is 1. The first-order chi connectivity index (χ1) is 11.4. The Labute approximate surface area is 136 Å². The minimum Gasteiger partial charge on any atom is -0.452 e. The molecule has 0 spiro atoms. The third kappa shape index (κ3) is 3.93. The van der Waals surface area contributed by atoms with Crippen LogP contribution in [0.1, 0.15) is 21.5 Å². The highest BCUT2D eigenvalue weighted by Gasteiger charge is 2.16. The molecular weight excluding hydrogens is 318 g/mol. The summed E-state index contributed by atoms with van der Waals surface area (Å²) in [5, 5.41) is 11.0. The van der Waals surface area contributed by atoms with Crippen LogP contribution in [0.15, 0.2) is 36.4 Å². The third-order valence-electron chi connectivity index (χ3n) is 3.19. The Hall–Kier alpha value is -3.27. The second-order valence-corrected chi connectivity index (χ2v) is 4.84. The van der Waals surface area contributed by atoms with Gasteiger partial charge >= 0.3 is 5.97 Å². The first-order valence-corrected chi connectivity index (χ1v) is 6.84. The Morgan fingerprint density at radius 3 is 2.62 bits per heavy atom. The summed E-state index contributed by atoms with van der Waals surface area (Å²) in [5.74, 6) is -3.13. The van der Waals surface area contributed by atoms with Gasteiger partial charge in [-0.15, -0.1) is 0 Å². The van der Waals surface area contributed by atoms with Gasteiger partial charge in [-0.2, -0.15) is 5.26 Å². The number of nitrogens with zero attached hydrogens (tertiary/aromatic N) is 1. The number of nitrogens with one attached hydrogen (secondary N) is 1. The van der Waals surface area contributed by atoms with Gasteiger partial charge in [-0.25, -0.2) is 13.6 Å². The molecule has 0 fully saturated rings. The van der Waals surface area contributed by atoms with E-state index >= 15 is 0 Å². The van der Waals surface area contributed by atoms with Crippen LogP contribution in [0.25, 0.3) is 0 Å². The number of halogens is 2. The summed E-state index contributed by atoms with van der Waals surface area (Å²) in [7, 11) is 0. The van der Waals surface area contributed by atoms with Crippen molar-refractivity contribution < 1.29 is 23.1 Å². The van der Waals surface area contributed by atoms with E-state index in [1.165, 1.54) is 31.2 Å². The molecule has 5 nitrogen and oxygen atoms in total. The van der Waals surface area contributed by atoms with Gasteiger partial charge in [-0.3, -0.25) is 4.79 Å². The average molecular weight is 330 g/mol. The molecule has 2 aromatic carbocycles. The lowest BCUT2D eigenvalue weighted by Gasteiger charge is -2.09. The van der Waals surface area contributed by atoms with E-state index in [0.717, 1.165) is 12.1 Å². The fraction of sp³-hybridized carbons (Fsp3) is 0.118. The molecule has 24 heavy (non-hydrogen) atoms. The molecular formula is C17H12F2N2O3. The van der Waals surface area contributed by atoms with Gasteiger partial charge in [0.25, 0.3) is 5.91 Å². The molecule has 0 unspecified atom stereocenters. The van der Waals surface area contributed by atoms with Gasteiger partial charge in [0.05, 0.1) is 17.2 Å². The second kappa shape index (κ2) is 7.33. The maximum absolute atomic E-state index is 13.7. The van der Waals surface area contributed by atoms with Crippen LogP contribution in [0.2, 0.25) is 0 Å². The maximum atomic E-state index is 13.7. The van der Waals surface area contributed by atoms with Crippen molar-refractivity contribution in [1.29, 1.82) is 5.26 Å². The highest BCUT2D eigenvalue weighted by atomic mass is 19.1. The van der Waals surface area contributed by atoms with Gasteiger partial charge in [0.15, 0.2) is 6.61 Å². The number of ether oxygens (including phenoxy) is 1. The minimum atomic E-state index is -1.04. The van der Waals surface area contributed by atoms with Crippen molar-refractivity contribution in [3.63, 3.8) is 0 Å². The zero-order valence-corrected chi connectivity index (χ0v) is 12.6.